The summed E-state index contributed by atoms with van der Waals surface area (Å²) in [4.78, 5) is 39.2. The van der Waals surface area contributed by atoms with Crippen molar-refractivity contribution in [1.82, 2.24) is 15.1 Å². The van der Waals surface area contributed by atoms with Gasteiger partial charge < -0.3 is 15.1 Å². The van der Waals surface area contributed by atoms with E-state index < -0.39 is 0 Å². The fraction of sp³-hybridized carbons (Fsp3) is 0.522. The Bertz CT molecular complexity index is 722. The predicted octanol–water partition coefficient (Wildman–Crippen LogP) is 2.57. The van der Waals surface area contributed by atoms with Gasteiger partial charge in [-0.25, -0.2) is 0 Å². The second-order valence-electron chi connectivity index (χ2n) is 8.06. The van der Waals surface area contributed by atoms with Crippen molar-refractivity contribution in [2.45, 2.75) is 45.6 Å². The Morgan fingerprint density at radius 3 is 2.38 bits per heavy atom. The Labute approximate surface area is 173 Å². The summed E-state index contributed by atoms with van der Waals surface area (Å²) in [6.07, 6.45) is 4.33. The lowest BCUT2D eigenvalue weighted by Gasteiger charge is -2.33. The van der Waals surface area contributed by atoms with Crippen LogP contribution in [0.2, 0.25) is 0 Å². The molecule has 1 N–H and O–H groups in total. The SMILES string of the molecule is C/C(=C\C(C(C)C)N(C)C(=O)CNC=O)C(=O)N1CCC(c2ccccc2)CC1. The molecular formula is C23H33N3O3. The quantitative estimate of drug-likeness (QED) is 0.540. The number of likely N-dealkylation sites (tertiary alicyclic amines) is 1. The van der Waals surface area contributed by atoms with E-state index >= 15 is 0 Å². The number of hydrogen-bond donors (Lipinski definition) is 1. The highest BCUT2D eigenvalue weighted by Crippen LogP contribution is 2.28. The Hall–Kier alpha value is -2.63. The fourth-order valence-electron chi connectivity index (χ4n) is 3.89. The summed E-state index contributed by atoms with van der Waals surface area (Å²) in [5.74, 6) is 0.499. The number of rotatable bonds is 8. The molecule has 1 fully saturated rings. The van der Waals surface area contributed by atoms with Gasteiger partial charge >= 0.3 is 0 Å². The summed E-state index contributed by atoms with van der Waals surface area (Å²) in [7, 11) is 1.71. The van der Waals surface area contributed by atoms with Crippen molar-refractivity contribution >= 4 is 18.2 Å². The van der Waals surface area contributed by atoms with E-state index in [1.165, 1.54) is 5.56 Å². The van der Waals surface area contributed by atoms with E-state index in [4.69, 9.17) is 0 Å². The largest absolute Gasteiger partial charge is 0.350 e. The summed E-state index contributed by atoms with van der Waals surface area (Å²) in [5.41, 5.74) is 2.00. The number of piperidine rings is 1. The maximum absolute atomic E-state index is 13.0. The van der Waals surface area contributed by atoms with Crippen molar-refractivity contribution in [1.29, 1.82) is 0 Å². The Kier molecular flexibility index (Phi) is 8.43. The molecule has 3 amide bonds. The topological polar surface area (TPSA) is 69.7 Å². The highest BCUT2D eigenvalue weighted by molar-refractivity contribution is 5.93. The van der Waals surface area contributed by atoms with Crippen LogP contribution in [0.15, 0.2) is 42.0 Å². The van der Waals surface area contributed by atoms with Gasteiger partial charge in [-0.15, -0.1) is 0 Å². The number of hydrogen-bond acceptors (Lipinski definition) is 3. The van der Waals surface area contributed by atoms with Gasteiger partial charge in [0, 0.05) is 25.7 Å². The molecule has 6 nitrogen and oxygen atoms in total. The summed E-state index contributed by atoms with van der Waals surface area (Å²) in [5, 5.41) is 2.40. The standard InChI is InChI=1S/C23H33N3O3/c1-17(2)21(25(4)22(28)15-24-16-27)14-18(3)23(29)26-12-10-20(11-13-26)19-8-6-5-7-9-19/h5-9,14,16-17,20-21H,10-13,15H2,1-4H3,(H,24,27)/b18-14+. The van der Waals surface area contributed by atoms with Crippen LogP contribution in [0.5, 0.6) is 0 Å². The molecule has 0 aliphatic carbocycles. The third kappa shape index (κ3) is 6.17. The van der Waals surface area contributed by atoms with Crippen LogP contribution in [0.25, 0.3) is 0 Å². The molecular weight excluding hydrogens is 366 g/mol. The monoisotopic (exact) mass is 399 g/mol. The highest BCUT2D eigenvalue weighted by Gasteiger charge is 2.26. The van der Waals surface area contributed by atoms with Crippen molar-refractivity contribution in [2.24, 2.45) is 5.92 Å². The lowest BCUT2D eigenvalue weighted by molar-refractivity contribution is -0.132. The van der Waals surface area contributed by atoms with Gasteiger partial charge in [0.2, 0.25) is 18.2 Å². The fourth-order valence-corrected chi connectivity index (χ4v) is 3.89. The van der Waals surface area contributed by atoms with E-state index in [0.717, 1.165) is 25.9 Å². The van der Waals surface area contributed by atoms with Crippen LogP contribution in [0, 0.1) is 5.92 Å². The minimum Gasteiger partial charge on any atom is -0.350 e. The first-order valence-electron chi connectivity index (χ1n) is 10.3. The number of likely N-dealkylation sites (N-methyl/N-ethyl adjacent to an activating group) is 1. The molecule has 0 aromatic heterocycles. The molecule has 1 aliphatic heterocycles. The van der Waals surface area contributed by atoms with Crippen molar-refractivity contribution in [2.75, 3.05) is 26.7 Å². The van der Waals surface area contributed by atoms with E-state index in [2.05, 4.69) is 29.6 Å². The van der Waals surface area contributed by atoms with E-state index in [-0.39, 0.29) is 30.3 Å². The van der Waals surface area contributed by atoms with Crippen LogP contribution in [0.3, 0.4) is 0 Å². The van der Waals surface area contributed by atoms with Crippen molar-refractivity contribution in [3.8, 4) is 0 Å². The second kappa shape index (κ2) is 10.8. The smallest absolute Gasteiger partial charge is 0.249 e. The number of nitrogens with zero attached hydrogens (tertiary/aromatic N) is 2. The van der Waals surface area contributed by atoms with Crippen LogP contribution < -0.4 is 5.32 Å². The van der Waals surface area contributed by atoms with Crippen LogP contribution in [-0.2, 0) is 14.4 Å². The Morgan fingerprint density at radius 2 is 1.83 bits per heavy atom. The molecule has 0 saturated carbocycles. The molecule has 1 aromatic carbocycles. The summed E-state index contributed by atoms with van der Waals surface area (Å²) < 4.78 is 0. The van der Waals surface area contributed by atoms with Gasteiger partial charge in [0.15, 0.2) is 0 Å². The Morgan fingerprint density at radius 1 is 1.21 bits per heavy atom. The lowest BCUT2D eigenvalue weighted by Crippen LogP contribution is -2.44. The van der Waals surface area contributed by atoms with Crippen molar-refractivity contribution in [3.05, 3.63) is 47.5 Å². The molecule has 1 aliphatic rings. The molecule has 1 aromatic rings. The molecule has 1 unspecified atom stereocenters. The maximum atomic E-state index is 13.0. The first kappa shape index (κ1) is 22.7. The average molecular weight is 400 g/mol. The van der Waals surface area contributed by atoms with Gasteiger partial charge in [-0.3, -0.25) is 14.4 Å². The van der Waals surface area contributed by atoms with Gasteiger partial charge in [-0.1, -0.05) is 50.3 Å². The first-order chi connectivity index (χ1) is 13.8. The van der Waals surface area contributed by atoms with E-state index in [9.17, 15) is 14.4 Å². The van der Waals surface area contributed by atoms with Crippen LogP contribution in [-0.4, -0.2) is 60.7 Å². The number of nitrogens with one attached hydrogen (secondary N) is 1. The zero-order valence-electron chi connectivity index (χ0n) is 17.9. The summed E-state index contributed by atoms with van der Waals surface area (Å²) in [6.45, 7) is 7.30. The van der Waals surface area contributed by atoms with Crippen LogP contribution >= 0.6 is 0 Å². The van der Waals surface area contributed by atoms with Gasteiger partial charge in [-0.05, 0) is 37.2 Å². The van der Waals surface area contributed by atoms with Gasteiger partial charge in [0.05, 0.1) is 12.6 Å². The number of carbonyl (C=O) groups is 3. The lowest BCUT2D eigenvalue weighted by atomic mass is 9.89. The van der Waals surface area contributed by atoms with E-state index in [0.29, 0.717) is 17.9 Å². The molecule has 29 heavy (non-hydrogen) atoms. The first-order valence-corrected chi connectivity index (χ1v) is 10.3. The number of benzene rings is 1. The zero-order valence-corrected chi connectivity index (χ0v) is 17.9. The third-order valence-corrected chi connectivity index (χ3v) is 5.67. The molecule has 0 bridgehead atoms. The maximum Gasteiger partial charge on any atom is 0.249 e. The van der Waals surface area contributed by atoms with Gasteiger partial charge in [0.25, 0.3) is 0 Å². The molecule has 2 rings (SSSR count). The van der Waals surface area contributed by atoms with Crippen molar-refractivity contribution in [3.63, 3.8) is 0 Å². The molecule has 0 radical (unpaired) electrons. The molecule has 158 valence electrons. The summed E-state index contributed by atoms with van der Waals surface area (Å²) >= 11 is 0. The number of amides is 3. The Balaban J connectivity index is 2.00. The van der Waals surface area contributed by atoms with Crippen molar-refractivity contribution < 1.29 is 14.4 Å². The average Bonchev–Trinajstić information content (AvgIpc) is 2.75. The molecule has 6 heteroatoms. The van der Waals surface area contributed by atoms with E-state index in [1.807, 2.05) is 37.8 Å². The molecule has 1 heterocycles. The molecule has 1 saturated heterocycles. The highest BCUT2D eigenvalue weighted by atomic mass is 16.2. The predicted molar refractivity (Wildman–Crippen MR) is 114 cm³/mol. The normalized spacial score (nSPS) is 16.4. The zero-order chi connectivity index (χ0) is 21.4. The molecule has 1 atom stereocenters. The minimum absolute atomic E-state index is 0.0361. The van der Waals surface area contributed by atoms with Gasteiger partial charge in [-0.2, -0.15) is 0 Å². The van der Waals surface area contributed by atoms with Crippen LogP contribution in [0.1, 0.15) is 45.1 Å². The van der Waals surface area contributed by atoms with E-state index in [1.54, 1.807) is 11.9 Å². The third-order valence-electron chi connectivity index (χ3n) is 5.67. The second-order valence-corrected chi connectivity index (χ2v) is 8.06. The van der Waals surface area contributed by atoms with Crippen LogP contribution in [0.4, 0.5) is 0 Å². The number of carbonyl (C=O) groups excluding carboxylic acids is 3. The van der Waals surface area contributed by atoms with Gasteiger partial charge in [0.1, 0.15) is 0 Å². The minimum atomic E-state index is -0.207. The summed E-state index contributed by atoms with van der Waals surface area (Å²) in [6, 6.07) is 10.3. The molecule has 0 spiro atoms.